The van der Waals surface area contributed by atoms with Crippen molar-refractivity contribution >= 4 is 17.5 Å². The Labute approximate surface area is 185 Å². The fourth-order valence-corrected chi connectivity index (χ4v) is 4.55. The van der Waals surface area contributed by atoms with Crippen molar-refractivity contribution in [2.45, 2.75) is 38.5 Å². The van der Waals surface area contributed by atoms with Crippen LogP contribution in [-0.4, -0.2) is 64.7 Å². The van der Waals surface area contributed by atoms with Crippen molar-refractivity contribution in [3.05, 3.63) is 47.3 Å². The van der Waals surface area contributed by atoms with Gasteiger partial charge in [-0.25, -0.2) is 14.4 Å². The summed E-state index contributed by atoms with van der Waals surface area (Å²) in [5.74, 6) is -1.14. The number of primary amides is 1. The number of likely N-dealkylation sites (tertiary alicyclic amines) is 1. The number of hydrogen-bond donors (Lipinski definition) is 3. The van der Waals surface area contributed by atoms with Crippen LogP contribution in [0.2, 0.25) is 0 Å². The number of carbonyl (C=O) groups excluding carboxylic acids is 1. The number of nitrogens with two attached hydrogens (primary N) is 1. The fraction of sp³-hybridized carbons (Fsp3) is 0.500. The zero-order chi connectivity index (χ0) is 23.0. The number of piperidine rings is 1. The maximum atomic E-state index is 15.2. The van der Waals surface area contributed by atoms with E-state index in [2.05, 4.69) is 15.3 Å². The number of amides is 1. The smallest absolute Gasteiger partial charge is 0.231 e. The summed E-state index contributed by atoms with van der Waals surface area (Å²) in [7, 11) is 1.68. The van der Waals surface area contributed by atoms with E-state index in [4.69, 9.17) is 5.73 Å². The number of aromatic nitrogens is 2. The van der Waals surface area contributed by atoms with E-state index < -0.39 is 17.8 Å². The summed E-state index contributed by atoms with van der Waals surface area (Å²) in [4.78, 5) is 22.7. The molecule has 1 saturated heterocycles. The third kappa shape index (κ3) is 4.37. The second-order valence-corrected chi connectivity index (χ2v) is 8.90. The van der Waals surface area contributed by atoms with E-state index in [0.717, 1.165) is 0 Å². The summed E-state index contributed by atoms with van der Waals surface area (Å²) in [6, 6.07) is 4.80. The first-order chi connectivity index (χ1) is 15.2. The maximum absolute atomic E-state index is 15.2. The van der Waals surface area contributed by atoms with Crippen molar-refractivity contribution in [1.82, 2.24) is 14.9 Å². The van der Waals surface area contributed by atoms with Crippen molar-refractivity contribution in [3.63, 3.8) is 0 Å². The molecule has 0 bridgehead atoms. The summed E-state index contributed by atoms with van der Waals surface area (Å²) in [6.07, 6.45) is 2.01. The lowest BCUT2D eigenvalue weighted by Gasteiger charge is -2.36. The Morgan fingerprint density at radius 2 is 2.19 bits per heavy atom. The molecule has 1 amide bonds. The van der Waals surface area contributed by atoms with Crippen LogP contribution in [0.1, 0.15) is 24.0 Å². The molecule has 172 valence electrons. The molecule has 8 nitrogen and oxygen atoms in total. The van der Waals surface area contributed by atoms with Gasteiger partial charge < -0.3 is 21.1 Å². The Balaban J connectivity index is 1.42. The Bertz CT molecular complexity index is 1020. The van der Waals surface area contributed by atoms with Gasteiger partial charge in [0.2, 0.25) is 11.7 Å². The Kier molecular flexibility index (Phi) is 6.00. The molecule has 32 heavy (non-hydrogen) atoms. The number of nitrogens with one attached hydrogen (secondary N) is 1. The number of carbonyl (C=O) groups is 1. The second kappa shape index (κ2) is 8.59. The average Bonchev–Trinajstić information content (AvgIpc) is 3.42. The molecular weight excluding hydrogens is 418 g/mol. The van der Waals surface area contributed by atoms with Crippen molar-refractivity contribution in [1.29, 1.82) is 0 Å². The lowest BCUT2D eigenvalue weighted by atomic mass is 9.89. The van der Waals surface area contributed by atoms with Gasteiger partial charge in [-0.1, -0.05) is 12.1 Å². The highest BCUT2D eigenvalue weighted by Gasteiger charge is 2.60. The molecule has 4 rings (SSSR count). The van der Waals surface area contributed by atoms with E-state index in [1.165, 1.54) is 12.4 Å². The van der Waals surface area contributed by atoms with Crippen LogP contribution in [0, 0.1) is 24.0 Å². The fourth-order valence-electron chi connectivity index (χ4n) is 4.55. The van der Waals surface area contributed by atoms with Gasteiger partial charge in [0, 0.05) is 31.6 Å². The number of benzene rings is 1. The third-order valence-electron chi connectivity index (χ3n) is 6.59. The molecule has 2 unspecified atom stereocenters. The van der Waals surface area contributed by atoms with E-state index >= 15 is 4.39 Å². The molecule has 1 saturated carbocycles. The van der Waals surface area contributed by atoms with Gasteiger partial charge >= 0.3 is 0 Å². The summed E-state index contributed by atoms with van der Waals surface area (Å²) >= 11 is 0. The number of hydrogen-bond acceptors (Lipinski definition) is 7. The largest absolute Gasteiger partial charge is 0.391 e. The lowest BCUT2D eigenvalue weighted by Crippen LogP contribution is -2.49. The molecule has 2 heterocycles. The quantitative estimate of drug-likeness (QED) is 0.590. The van der Waals surface area contributed by atoms with E-state index in [-0.39, 0.29) is 42.0 Å². The van der Waals surface area contributed by atoms with E-state index in [0.29, 0.717) is 37.1 Å². The van der Waals surface area contributed by atoms with Gasteiger partial charge in [0.1, 0.15) is 12.1 Å². The first-order valence-electron chi connectivity index (χ1n) is 10.6. The molecule has 1 aromatic carbocycles. The molecule has 1 aromatic heterocycles. The van der Waals surface area contributed by atoms with E-state index in [1.807, 2.05) is 4.90 Å². The molecule has 2 aliphatic rings. The summed E-state index contributed by atoms with van der Waals surface area (Å²) < 4.78 is 29.0. The minimum atomic E-state index is -0.642. The molecule has 2 aromatic rings. The van der Waals surface area contributed by atoms with Crippen LogP contribution < -0.4 is 16.0 Å². The normalized spacial score (nSPS) is 25.0. The Morgan fingerprint density at radius 3 is 2.88 bits per heavy atom. The molecule has 1 aliphatic heterocycles. The van der Waals surface area contributed by atoms with Gasteiger partial charge in [-0.15, -0.1) is 0 Å². The standard InChI is InChI=1S/C22H28F2N6O2/c1-13-3-4-14(7-15(13)23)9-29(2)21-19(24)20(26-12-27-21)28-16-8-22(16)5-6-30(10-17(22)31)11-18(25)32/h3-4,7,12,16-17,31H,5-6,8-11H2,1-2H3,(H2,25,32)(H,26,27,28)/t16?,17-,22?/m1/s1. The van der Waals surface area contributed by atoms with Crippen molar-refractivity contribution in [3.8, 4) is 0 Å². The zero-order valence-corrected chi connectivity index (χ0v) is 18.2. The van der Waals surface area contributed by atoms with Gasteiger partial charge in [-0.2, -0.15) is 4.39 Å². The summed E-state index contributed by atoms with van der Waals surface area (Å²) in [6.45, 7) is 3.09. The molecule has 0 radical (unpaired) electrons. The number of β-amino-alcohol motifs (C(OH)–C–C–N with tert-alkyl or cyclic N) is 1. The monoisotopic (exact) mass is 446 g/mol. The zero-order valence-electron chi connectivity index (χ0n) is 18.2. The predicted octanol–water partition coefficient (Wildman–Crippen LogP) is 1.42. The minimum absolute atomic E-state index is 0.0746. The number of aliphatic hydroxyl groups is 1. The molecule has 4 N–H and O–H groups in total. The molecule has 2 fully saturated rings. The first kappa shape index (κ1) is 22.3. The molecular formula is C22H28F2N6O2. The van der Waals surface area contributed by atoms with Crippen LogP contribution >= 0.6 is 0 Å². The van der Waals surface area contributed by atoms with Crippen LogP contribution in [0.4, 0.5) is 20.4 Å². The maximum Gasteiger partial charge on any atom is 0.231 e. The second-order valence-electron chi connectivity index (χ2n) is 8.90. The lowest BCUT2D eigenvalue weighted by molar-refractivity contribution is -0.120. The van der Waals surface area contributed by atoms with E-state index in [9.17, 15) is 14.3 Å². The molecule has 3 atom stereocenters. The molecule has 1 spiro atoms. The van der Waals surface area contributed by atoms with Crippen molar-refractivity contribution in [2.24, 2.45) is 11.1 Å². The van der Waals surface area contributed by atoms with E-state index in [1.54, 1.807) is 31.0 Å². The van der Waals surface area contributed by atoms with Crippen LogP contribution in [0.25, 0.3) is 0 Å². The number of anilines is 2. The Morgan fingerprint density at radius 1 is 1.41 bits per heavy atom. The number of aliphatic hydroxyl groups excluding tert-OH is 1. The van der Waals surface area contributed by atoms with Crippen LogP contribution in [-0.2, 0) is 11.3 Å². The van der Waals surface area contributed by atoms with Crippen LogP contribution in [0.5, 0.6) is 0 Å². The minimum Gasteiger partial charge on any atom is -0.391 e. The number of halogens is 2. The molecule has 10 heteroatoms. The Hall–Kier alpha value is -2.85. The third-order valence-corrected chi connectivity index (χ3v) is 6.59. The SMILES string of the molecule is Cc1ccc(CN(C)c2ncnc(NC3CC34CCN(CC(N)=O)C[C@H]4O)c2F)cc1F. The predicted molar refractivity (Wildman–Crippen MR) is 116 cm³/mol. The summed E-state index contributed by atoms with van der Waals surface area (Å²) in [5, 5.41) is 13.8. The van der Waals surface area contributed by atoms with Gasteiger partial charge in [0.25, 0.3) is 0 Å². The van der Waals surface area contributed by atoms with Gasteiger partial charge in [-0.05, 0) is 43.5 Å². The highest BCUT2D eigenvalue weighted by Crippen LogP contribution is 2.55. The summed E-state index contributed by atoms with van der Waals surface area (Å²) in [5.41, 5.74) is 6.14. The number of nitrogens with zero attached hydrogens (tertiary/aromatic N) is 4. The van der Waals surface area contributed by atoms with Gasteiger partial charge in [0.05, 0.1) is 12.6 Å². The first-order valence-corrected chi connectivity index (χ1v) is 10.6. The average molecular weight is 447 g/mol. The topological polar surface area (TPSA) is 108 Å². The van der Waals surface area contributed by atoms with Crippen molar-refractivity contribution in [2.75, 3.05) is 36.9 Å². The number of rotatable bonds is 7. The highest BCUT2D eigenvalue weighted by atomic mass is 19.1. The molecule has 1 aliphatic carbocycles. The number of aryl methyl sites for hydroxylation is 1. The van der Waals surface area contributed by atoms with Gasteiger partial charge in [0.15, 0.2) is 11.6 Å². The van der Waals surface area contributed by atoms with Crippen LogP contribution in [0.15, 0.2) is 24.5 Å². The van der Waals surface area contributed by atoms with Gasteiger partial charge in [-0.3, -0.25) is 9.69 Å². The highest BCUT2D eigenvalue weighted by molar-refractivity contribution is 5.75. The van der Waals surface area contributed by atoms with Crippen molar-refractivity contribution < 1.29 is 18.7 Å². The van der Waals surface area contributed by atoms with Crippen LogP contribution in [0.3, 0.4) is 0 Å².